The quantitative estimate of drug-likeness (QED) is 0.452. The molecule has 10 nitrogen and oxygen atoms in total. The number of nitrogens with zero attached hydrogens (tertiary/aromatic N) is 3. The summed E-state index contributed by atoms with van der Waals surface area (Å²) in [6.45, 7) is 11.0. The number of aryl methyl sites for hydroxylation is 1. The third kappa shape index (κ3) is 7.45. The van der Waals surface area contributed by atoms with E-state index in [9.17, 15) is 13.2 Å². The van der Waals surface area contributed by atoms with Crippen LogP contribution in [0.4, 0.5) is 5.69 Å². The maximum absolute atomic E-state index is 13.7. The minimum atomic E-state index is -4.19. The summed E-state index contributed by atoms with van der Waals surface area (Å²) in [7, 11) is -2.03. The van der Waals surface area contributed by atoms with E-state index in [0.717, 1.165) is 82.1 Å². The Morgan fingerprint density at radius 3 is 2.68 bits per heavy atom. The number of amides is 1. The molecule has 2 aromatic carbocycles. The molecule has 1 saturated carbocycles. The van der Waals surface area contributed by atoms with Gasteiger partial charge < -0.3 is 24.0 Å². The van der Waals surface area contributed by atoms with Gasteiger partial charge in [0, 0.05) is 56.3 Å². The van der Waals surface area contributed by atoms with Crippen LogP contribution in [0.15, 0.2) is 53.4 Å². The summed E-state index contributed by atoms with van der Waals surface area (Å²) in [5.74, 6) is 0.538. The van der Waals surface area contributed by atoms with E-state index in [0.29, 0.717) is 31.4 Å². The summed E-state index contributed by atoms with van der Waals surface area (Å²) >= 11 is 6.46. The van der Waals surface area contributed by atoms with Crippen molar-refractivity contribution in [2.24, 2.45) is 11.8 Å². The monoisotopic (exact) mass is 726 g/mol. The number of piperazine rings is 1. The Morgan fingerprint density at radius 1 is 1.08 bits per heavy atom. The van der Waals surface area contributed by atoms with Crippen molar-refractivity contribution in [1.82, 2.24) is 14.5 Å². The van der Waals surface area contributed by atoms with Gasteiger partial charge in [0.1, 0.15) is 11.4 Å². The zero-order valence-electron chi connectivity index (χ0n) is 29.5. The number of nitrogens with one attached hydrogen (secondary N) is 1. The summed E-state index contributed by atoms with van der Waals surface area (Å²) in [6.07, 6.45) is 8.96. The van der Waals surface area contributed by atoms with Crippen LogP contribution in [0.3, 0.4) is 0 Å². The van der Waals surface area contributed by atoms with Crippen molar-refractivity contribution in [3.63, 3.8) is 0 Å². The minimum Gasteiger partial charge on any atom is -0.490 e. The van der Waals surface area contributed by atoms with Gasteiger partial charge in [-0.2, -0.15) is 0 Å². The SMILES string of the molecule is CN1CCN(CCO[C@H]2/C=C/COC(C)(C)C(=O)NS(=O)(=O)c3ccc4c(c3)N(C[C@@H]3CC[C@H]32)C[C@@]2(CCCc3cc(Cl)ccc32)CO4)CC1. The number of ether oxygens (including phenoxy) is 3. The molecule has 2 fully saturated rings. The summed E-state index contributed by atoms with van der Waals surface area (Å²) < 4.78 is 48.8. The molecule has 0 unspecified atom stereocenters. The highest BCUT2D eigenvalue weighted by molar-refractivity contribution is 7.90. The maximum atomic E-state index is 13.7. The largest absolute Gasteiger partial charge is 0.490 e. The Bertz CT molecular complexity index is 1710. The predicted octanol–water partition coefficient (Wildman–Crippen LogP) is 4.64. The van der Waals surface area contributed by atoms with Gasteiger partial charge in [-0.15, -0.1) is 0 Å². The van der Waals surface area contributed by atoms with Crippen LogP contribution in [0.2, 0.25) is 5.02 Å². The van der Waals surface area contributed by atoms with Crippen LogP contribution >= 0.6 is 11.6 Å². The smallest absolute Gasteiger partial charge is 0.265 e. The first kappa shape index (κ1) is 35.7. The van der Waals surface area contributed by atoms with Crippen molar-refractivity contribution in [1.29, 1.82) is 0 Å². The standard InChI is InChI=1S/C38H51ClN4O6S/c1-37(2)36(44)40-50(45,46)30-10-13-35-33(23-30)43(25-38(26-48-35)14-4-6-27-22-29(39)9-12-32(27)38)24-28-8-11-31(28)34(7-5-20-49-37)47-21-19-42-17-15-41(3)16-18-42/h5,7,9-10,12-13,22-23,28,31,34H,4,6,8,11,14-21,24-26H2,1-3H3,(H,40,44)/b7-5+/t28-,31+,34-,38-/m0/s1. The summed E-state index contributed by atoms with van der Waals surface area (Å²) in [5.41, 5.74) is 1.58. The predicted molar refractivity (Wildman–Crippen MR) is 195 cm³/mol. The molecular weight excluding hydrogens is 676 g/mol. The average Bonchev–Trinajstić information content (AvgIpc) is 3.22. The van der Waals surface area contributed by atoms with E-state index >= 15 is 0 Å². The lowest BCUT2D eigenvalue weighted by Gasteiger charge is -2.46. The second kappa shape index (κ2) is 14.4. The summed E-state index contributed by atoms with van der Waals surface area (Å²) in [6, 6.07) is 11.1. The highest BCUT2D eigenvalue weighted by Crippen LogP contribution is 2.47. The summed E-state index contributed by atoms with van der Waals surface area (Å²) in [5, 5.41) is 0.734. The molecule has 1 spiro atoms. The molecule has 7 rings (SSSR count). The Hall–Kier alpha value is -2.67. The second-order valence-corrected chi connectivity index (χ2v) is 17.5. The van der Waals surface area contributed by atoms with Crippen molar-refractivity contribution in [3.8, 4) is 5.75 Å². The van der Waals surface area contributed by atoms with Gasteiger partial charge in [-0.05, 0) is 106 Å². The molecule has 4 atom stereocenters. The molecule has 0 aromatic heterocycles. The van der Waals surface area contributed by atoms with Crippen LogP contribution in [0, 0.1) is 11.8 Å². The van der Waals surface area contributed by atoms with E-state index in [1.807, 2.05) is 12.1 Å². The molecular formula is C38H51ClN4O6S. The first-order valence-corrected chi connectivity index (χ1v) is 20.0. The van der Waals surface area contributed by atoms with Gasteiger partial charge in [-0.25, -0.2) is 13.1 Å². The first-order chi connectivity index (χ1) is 23.9. The van der Waals surface area contributed by atoms with Gasteiger partial charge in [-0.1, -0.05) is 29.8 Å². The number of rotatable bonds is 4. The van der Waals surface area contributed by atoms with Crippen molar-refractivity contribution < 1.29 is 27.4 Å². The highest BCUT2D eigenvalue weighted by atomic mass is 35.5. The van der Waals surface area contributed by atoms with Crippen molar-refractivity contribution in [2.75, 3.05) is 77.6 Å². The Kier molecular flexibility index (Phi) is 10.3. The number of hydrogen-bond donors (Lipinski definition) is 1. The normalized spacial score (nSPS) is 30.6. The van der Waals surface area contributed by atoms with Gasteiger partial charge in [0.25, 0.3) is 15.9 Å². The molecule has 3 heterocycles. The number of benzene rings is 2. The Labute approximate surface area is 302 Å². The molecule has 2 aliphatic carbocycles. The third-order valence-electron chi connectivity index (χ3n) is 11.6. The molecule has 50 heavy (non-hydrogen) atoms. The van der Waals surface area contributed by atoms with E-state index in [1.54, 1.807) is 26.0 Å². The van der Waals surface area contributed by atoms with E-state index in [1.165, 1.54) is 17.2 Å². The number of anilines is 1. The zero-order chi connectivity index (χ0) is 35.1. The van der Waals surface area contributed by atoms with Gasteiger partial charge in [0.05, 0.1) is 36.5 Å². The molecule has 12 heteroatoms. The van der Waals surface area contributed by atoms with Crippen LogP contribution in [0.1, 0.15) is 50.7 Å². The number of likely N-dealkylation sites (N-methyl/N-ethyl adjacent to an activating group) is 1. The Morgan fingerprint density at radius 2 is 1.90 bits per heavy atom. The number of carbonyl (C=O) groups is 1. The van der Waals surface area contributed by atoms with E-state index < -0.39 is 21.5 Å². The van der Waals surface area contributed by atoms with E-state index in [-0.39, 0.29) is 28.9 Å². The minimum absolute atomic E-state index is 0.0167. The highest BCUT2D eigenvalue weighted by Gasteiger charge is 2.45. The van der Waals surface area contributed by atoms with Crippen LogP contribution in [-0.4, -0.2) is 109 Å². The van der Waals surface area contributed by atoms with Crippen LogP contribution in [0.25, 0.3) is 0 Å². The lowest BCUT2D eigenvalue weighted by molar-refractivity contribution is -0.139. The fraction of sp³-hybridized carbons (Fsp3) is 0.605. The molecule has 1 N–H and O–H groups in total. The molecule has 1 amide bonds. The molecule has 0 radical (unpaired) electrons. The van der Waals surface area contributed by atoms with Crippen molar-refractivity contribution in [2.45, 2.75) is 68.0 Å². The fourth-order valence-corrected chi connectivity index (χ4v) is 9.64. The maximum Gasteiger partial charge on any atom is 0.265 e. The first-order valence-electron chi connectivity index (χ1n) is 18.1. The van der Waals surface area contributed by atoms with E-state index in [2.05, 4.69) is 44.7 Å². The molecule has 5 aliphatic rings. The lowest BCUT2D eigenvalue weighted by Crippen LogP contribution is -2.50. The van der Waals surface area contributed by atoms with Crippen molar-refractivity contribution in [3.05, 3.63) is 64.7 Å². The molecule has 2 aromatic rings. The number of hydrogen-bond acceptors (Lipinski definition) is 9. The molecule has 3 aliphatic heterocycles. The van der Waals surface area contributed by atoms with Crippen molar-refractivity contribution >= 4 is 33.2 Å². The zero-order valence-corrected chi connectivity index (χ0v) is 31.1. The molecule has 2 bridgehead atoms. The van der Waals surface area contributed by atoms with Gasteiger partial charge in [-0.3, -0.25) is 9.69 Å². The fourth-order valence-electron chi connectivity index (χ4n) is 8.32. The second-order valence-electron chi connectivity index (χ2n) is 15.4. The van der Waals surface area contributed by atoms with Gasteiger partial charge in [0.2, 0.25) is 0 Å². The topological polar surface area (TPSA) is 101 Å². The van der Waals surface area contributed by atoms with E-state index in [4.69, 9.17) is 25.8 Å². The summed E-state index contributed by atoms with van der Waals surface area (Å²) in [4.78, 5) is 20.5. The van der Waals surface area contributed by atoms with Crippen LogP contribution in [0.5, 0.6) is 5.75 Å². The number of sulfonamides is 1. The van der Waals surface area contributed by atoms with Gasteiger partial charge in [0.15, 0.2) is 0 Å². The third-order valence-corrected chi connectivity index (χ3v) is 13.2. The number of halogens is 1. The van der Waals surface area contributed by atoms with Crippen LogP contribution < -0.4 is 14.4 Å². The average molecular weight is 727 g/mol. The molecule has 272 valence electrons. The number of fused-ring (bicyclic) bond motifs is 4. The Balaban J connectivity index is 1.22. The molecule has 1 saturated heterocycles. The van der Waals surface area contributed by atoms with Gasteiger partial charge >= 0.3 is 0 Å². The number of carbonyl (C=O) groups excluding carboxylic acids is 1. The lowest BCUT2D eigenvalue weighted by atomic mass is 9.68. The van der Waals surface area contributed by atoms with Crippen LogP contribution in [-0.2, 0) is 36.1 Å².